The fourth-order valence-corrected chi connectivity index (χ4v) is 4.31. The van der Waals surface area contributed by atoms with Gasteiger partial charge in [-0.2, -0.15) is 0 Å². The van der Waals surface area contributed by atoms with Crippen molar-refractivity contribution in [3.63, 3.8) is 0 Å². The van der Waals surface area contributed by atoms with Crippen LogP contribution in [0.2, 0.25) is 5.02 Å². The molecule has 1 saturated carbocycles. The van der Waals surface area contributed by atoms with E-state index in [1.807, 2.05) is 0 Å². The van der Waals surface area contributed by atoms with Crippen LogP contribution in [0.15, 0.2) is 18.2 Å². The van der Waals surface area contributed by atoms with E-state index in [9.17, 15) is 14.0 Å². The van der Waals surface area contributed by atoms with Crippen LogP contribution in [0.4, 0.5) is 4.39 Å². The number of thiophene rings is 1. The SMILES string of the molecule is O=C(COC(=O)c1sc2cc(F)ccc2c1Cl)NC1CCCCC1. The zero-order valence-electron chi connectivity index (χ0n) is 12.9. The second-order valence-corrected chi connectivity index (χ2v) is 7.29. The summed E-state index contributed by atoms with van der Waals surface area (Å²) in [5, 5.41) is 3.71. The van der Waals surface area contributed by atoms with Crippen LogP contribution in [0.3, 0.4) is 0 Å². The van der Waals surface area contributed by atoms with Gasteiger partial charge in [0.05, 0.1) is 5.02 Å². The molecular formula is C17H17ClFNO3S. The monoisotopic (exact) mass is 369 g/mol. The molecular weight excluding hydrogens is 353 g/mol. The van der Waals surface area contributed by atoms with Gasteiger partial charge >= 0.3 is 5.97 Å². The van der Waals surface area contributed by atoms with Crippen molar-refractivity contribution in [1.82, 2.24) is 5.32 Å². The highest BCUT2D eigenvalue weighted by molar-refractivity contribution is 7.21. The lowest BCUT2D eigenvalue weighted by Gasteiger charge is -2.22. The molecule has 1 fully saturated rings. The molecule has 0 atom stereocenters. The van der Waals surface area contributed by atoms with Crippen LogP contribution < -0.4 is 5.32 Å². The molecule has 0 unspecified atom stereocenters. The Labute approximate surface area is 147 Å². The van der Waals surface area contributed by atoms with E-state index in [-0.39, 0.29) is 28.5 Å². The van der Waals surface area contributed by atoms with E-state index in [0.717, 1.165) is 37.0 Å². The Morgan fingerprint density at radius 1 is 1.29 bits per heavy atom. The van der Waals surface area contributed by atoms with Gasteiger partial charge in [-0.1, -0.05) is 30.9 Å². The molecule has 24 heavy (non-hydrogen) atoms. The maximum Gasteiger partial charge on any atom is 0.350 e. The van der Waals surface area contributed by atoms with Crippen LogP contribution in [-0.4, -0.2) is 24.5 Å². The van der Waals surface area contributed by atoms with Crippen molar-refractivity contribution in [2.24, 2.45) is 0 Å². The van der Waals surface area contributed by atoms with Gasteiger partial charge in [0.15, 0.2) is 6.61 Å². The maximum atomic E-state index is 13.2. The molecule has 1 heterocycles. The standard InChI is InChI=1S/C17H17ClFNO3S/c18-15-12-7-6-10(19)8-13(12)24-16(15)17(22)23-9-14(21)20-11-4-2-1-3-5-11/h6-8,11H,1-5,9H2,(H,20,21). The minimum absolute atomic E-state index is 0.167. The predicted molar refractivity (Wildman–Crippen MR) is 92.1 cm³/mol. The third kappa shape index (κ3) is 3.87. The molecule has 0 spiro atoms. The summed E-state index contributed by atoms with van der Waals surface area (Å²) in [6, 6.07) is 4.29. The van der Waals surface area contributed by atoms with Crippen LogP contribution >= 0.6 is 22.9 Å². The number of esters is 1. The largest absolute Gasteiger partial charge is 0.451 e. The van der Waals surface area contributed by atoms with E-state index in [4.69, 9.17) is 16.3 Å². The molecule has 1 aliphatic rings. The van der Waals surface area contributed by atoms with Crippen LogP contribution in [-0.2, 0) is 9.53 Å². The van der Waals surface area contributed by atoms with Crippen LogP contribution in [0.1, 0.15) is 41.8 Å². The van der Waals surface area contributed by atoms with Gasteiger partial charge in [0.2, 0.25) is 0 Å². The Bertz CT molecular complexity index is 771. The quantitative estimate of drug-likeness (QED) is 0.817. The predicted octanol–water partition coefficient (Wildman–Crippen LogP) is 4.30. The number of hydrogen-bond acceptors (Lipinski definition) is 4. The number of amides is 1. The van der Waals surface area contributed by atoms with Crippen LogP contribution in [0.5, 0.6) is 0 Å². The summed E-state index contributed by atoms with van der Waals surface area (Å²) in [7, 11) is 0. The molecule has 0 bridgehead atoms. The Morgan fingerprint density at radius 3 is 2.79 bits per heavy atom. The van der Waals surface area contributed by atoms with Gasteiger partial charge in [0, 0.05) is 16.1 Å². The Hall–Kier alpha value is -1.66. The average Bonchev–Trinajstić information content (AvgIpc) is 2.90. The van der Waals surface area contributed by atoms with E-state index < -0.39 is 11.8 Å². The van der Waals surface area contributed by atoms with Gasteiger partial charge in [-0.15, -0.1) is 11.3 Å². The van der Waals surface area contributed by atoms with Gasteiger partial charge in [0.25, 0.3) is 5.91 Å². The molecule has 0 aliphatic heterocycles. The van der Waals surface area contributed by atoms with Crippen molar-refractivity contribution in [2.75, 3.05) is 6.61 Å². The first-order chi connectivity index (χ1) is 11.5. The molecule has 1 aromatic heterocycles. The lowest BCUT2D eigenvalue weighted by atomic mass is 9.95. The molecule has 4 nitrogen and oxygen atoms in total. The number of ether oxygens (including phenoxy) is 1. The highest BCUT2D eigenvalue weighted by atomic mass is 35.5. The number of rotatable bonds is 4. The number of halogens is 2. The minimum atomic E-state index is -0.666. The summed E-state index contributed by atoms with van der Waals surface area (Å²) >= 11 is 7.22. The lowest BCUT2D eigenvalue weighted by molar-refractivity contribution is -0.125. The van der Waals surface area contributed by atoms with E-state index in [1.54, 1.807) is 0 Å². The van der Waals surface area contributed by atoms with Crippen molar-refractivity contribution in [3.8, 4) is 0 Å². The zero-order chi connectivity index (χ0) is 17.1. The van der Waals surface area contributed by atoms with Gasteiger partial charge in [-0.3, -0.25) is 4.79 Å². The molecule has 1 aliphatic carbocycles. The first-order valence-electron chi connectivity index (χ1n) is 7.88. The Balaban J connectivity index is 1.60. The summed E-state index contributed by atoms with van der Waals surface area (Å²) in [5.74, 6) is -1.37. The number of hydrogen-bond donors (Lipinski definition) is 1. The molecule has 1 amide bonds. The minimum Gasteiger partial charge on any atom is -0.451 e. The van der Waals surface area contributed by atoms with E-state index in [0.29, 0.717) is 10.1 Å². The second-order valence-electron chi connectivity index (χ2n) is 5.86. The first-order valence-corrected chi connectivity index (χ1v) is 9.08. The highest BCUT2D eigenvalue weighted by Gasteiger charge is 2.21. The number of benzene rings is 1. The van der Waals surface area contributed by atoms with Gasteiger partial charge < -0.3 is 10.1 Å². The third-order valence-electron chi connectivity index (χ3n) is 4.08. The number of carbonyl (C=O) groups is 2. The fraction of sp³-hybridized carbons (Fsp3) is 0.412. The molecule has 3 rings (SSSR count). The Kier molecular flexibility index (Phi) is 5.36. The van der Waals surface area contributed by atoms with Crippen molar-refractivity contribution >= 4 is 44.9 Å². The summed E-state index contributed by atoms with van der Waals surface area (Å²) < 4.78 is 18.9. The van der Waals surface area contributed by atoms with Gasteiger partial charge in [-0.05, 0) is 31.0 Å². The summed E-state index contributed by atoms with van der Waals surface area (Å²) in [6.07, 6.45) is 5.35. The van der Waals surface area contributed by atoms with Gasteiger partial charge in [0.1, 0.15) is 10.7 Å². The topological polar surface area (TPSA) is 55.4 Å². The normalized spacial score (nSPS) is 15.4. The van der Waals surface area contributed by atoms with E-state index in [2.05, 4.69) is 5.32 Å². The number of fused-ring (bicyclic) bond motifs is 1. The van der Waals surface area contributed by atoms with Crippen molar-refractivity contribution in [1.29, 1.82) is 0 Å². The van der Waals surface area contributed by atoms with Crippen molar-refractivity contribution in [3.05, 3.63) is 33.9 Å². The fourth-order valence-electron chi connectivity index (χ4n) is 2.88. The van der Waals surface area contributed by atoms with Crippen molar-refractivity contribution < 1.29 is 18.7 Å². The maximum absolute atomic E-state index is 13.2. The lowest BCUT2D eigenvalue weighted by Crippen LogP contribution is -2.38. The smallest absolute Gasteiger partial charge is 0.350 e. The molecule has 7 heteroatoms. The average molecular weight is 370 g/mol. The zero-order valence-corrected chi connectivity index (χ0v) is 14.5. The third-order valence-corrected chi connectivity index (χ3v) is 5.72. The summed E-state index contributed by atoms with van der Waals surface area (Å²) in [5.41, 5.74) is 0. The second kappa shape index (κ2) is 7.49. The molecule has 1 aromatic carbocycles. The molecule has 1 N–H and O–H groups in total. The van der Waals surface area contributed by atoms with Crippen LogP contribution in [0.25, 0.3) is 10.1 Å². The Morgan fingerprint density at radius 2 is 2.04 bits per heavy atom. The van der Waals surface area contributed by atoms with Gasteiger partial charge in [-0.25, -0.2) is 9.18 Å². The van der Waals surface area contributed by atoms with E-state index >= 15 is 0 Å². The summed E-state index contributed by atoms with van der Waals surface area (Å²) in [6.45, 7) is -0.339. The molecule has 2 aromatic rings. The molecule has 128 valence electrons. The van der Waals surface area contributed by atoms with E-state index in [1.165, 1.54) is 24.6 Å². The molecule has 0 saturated heterocycles. The number of nitrogens with one attached hydrogen (secondary N) is 1. The summed E-state index contributed by atoms with van der Waals surface area (Å²) in [4.78, 5) is 24.2. The van der Waals surface area contributed by atoms with Crippen molar-refractivity contribution in [2.45, 2.75) is 38.1 Å². The number of carbonyl (C=O) groups excluding carboxylic acids is 2. The first kappa shape index (κ1) is 17.2. The highest BCUT2D eigenvalue weighted by Crippen LogP contribution is 2.36. The van der Waals surface area contributed by atoms with Crippen LogP contribution in [0, 0.1) is 5.82 Å². The molecule has 0 radical (unpaired) electrons.